The second kappa shape index (κ2) is 7.93. The Labute approximate surface area is 168 Å². The molecule has 6 heteroatoms. The Morgan fingerprint density at radius 2 is 1.74 bits per heavy atom. The number of likely N-dealkylation sites (tertiary alicyclic amines) is 1. The fraction of sp³-hybridized carbons (Fsp3) is 0.286. The van der Waals surface area contributed by atoms with Crippen molar-refractivity contribution < 1.29 is 9.21 Å². The van der Waals surface area contributed by atoms with Crippen LogP contribution in [0, 0.1) is 0 Å². The summed E-state index contributed by atoms with van der Waals surface area (Å²) in [4.78, 5) is 14.9. The lowest BCUT2D eigenvalue weighted by molar-refractivity contribution is 0.0883. The number of carbonyl (C=O) groups is 1. The van der Waals surface area contributed by atoms with E-state index in [1.807, 2.05) is 12.1 Å². The van der Waals surface area contributed by atoms with E-state index in [9.17, 15) is 4.79 Å². The van der Waals surface area contributed by atoms with E-state index < -0.39 is 0 Å². The van der Waals surface area contributed by atoms with Gasteiger partial charge in [0.2, 0.25) is 0 Å². The minimum Gasteiger partial charge on any atom is -0.451 e. The van der Waals surface area contributed by atoms with Gasteiger partial charge in [0.05, 0.1) is 0 Å². The van der Waals surface area contributed by atoms with Crippen LogP contribution in [0.2, 0.25) is 10.0 Å². The molecule has 1 saturated heterocycles. The third-order valence-electron chi connectivity index (χ3n) is 4.94. The van der Waals surface area contributed by atoms with Crippen LogP contribution < -0.4 is 5.32 Å². The van der Waals surface area contributed by atoms with Gasteiger partial charge in [-0.3, -0.25) is 9.69 Å². The zero-order chi connectivity index (χ0) is 18.8. The van der Waals surface area contributed by atoms with Crippen LogP contribution in [0.3, 0.4) is 0 Å². The molecule has 1 fully saturated rings. The molecule has 3 aromatic rings. The summed E-state index contributed by atoms with van der Waals surface area (Å²) in [5.41, 5.74) is 1.92. The smallest absolute Gasteiger partial charge is 0.287 e. The van der Waals surface area contributed by atoms with E-state index in [-0.39, 0.29) is 11.9 Å². The molecule has 0 unspecified atom stereocenters. The molecule has 2 heterocycles. The van der Waals surface area contributed by atoms with Crippen LogP contribution in [0.4, 0.5) is 0 Å². The van der Waals surface area contributed by atoms with Gasteiger partial charge in [0, 0.05) is 41.1 Å². The van der Waals surface area contributed by atoms with E-state index in [0.717, 1.165) is 42.9 Å². The quantitative estimate of drug-likeness (QED) is 0.657. The lowest BCUT2D eigenvalue weighted by Crippen LogP contribution is -2.44. The van der Waals surface area contributed by atoms with Crippen molar-refractivity contribution >= 4 is 40.1 Å². The second-order valence-electron chi connectivity index (χ2n) is 6.94. The Morgan fingerprint density at radius 1 is 1.04 bits per heavy atom. The normalized spacial score (nSPS) is 15.9. The molecule has 1 aliphatic heterocycles. The van der Waals surface area contributed by atoms with E-state index in [4.69, 9.17) is 27.6 Å². The van der Waals surface area contributed by atoms with Crippen LogP contribution in [-0.2, 0) is 6.54 Å². The summed E-state index contributed by atoms with van der Waals surface area (Å²) >= 11 is 11.9. The first-order valence-electron chi connectivity index (χ1n) is 9.03. The molecule has 140 valence electrons. The molecule has 0 saturated carbocycles. The average Bonchev–Trinajstić information content (AvgIpc) is 3.08. The number of fused-ring (bicyclic) bond motifs is 1. The van der Waals surface area contributed by atoms with Crippen molar-refractivity contribution in [2.45, 2.75) is 25.4 Å². The summed E-state index contributed by atoms with van der Waals surface area (Å²) in [6.45, 7) is 2.80. The first-order chi connectivity index (χ1) is 13.1. The molecule has 4 rings (SSSR count). The number of furan rings is 1. The number of hydrogen-bond donors (Lipinski definition) is 1. The number of nitrogens with zero attached hydrogens (tertiary/aromatic N) is 1. The molecular formula is C21H20Cl2N2O2. The molecule has 0 radical (unpaired) electrons. The molecule has 1 aromatic heterocycles. The standard InChI is InChI=1S/C21H20Cl2N2O2/c22-16-3-1-14(2-4-16)13-25-9-7-18(8-10-25)24-21(26)20-12-15-11-17(23)5-6-19(15)27-20/h1-6,11-12,18H,7-10,13H2,(H,24,26). The number of rotatable bonds is 4. The number of carbonyl (C=O) groups excluding carboxylic acids is 1. The topological polar surface area (TPSA) is 45.5 Å². The molecular weight excluding hydrogens is 383 g/mol. The van der Waals surface area contributed by atoms with E-state index in [0.29, 0.717) is 16.4 Å². The van der Waals surface area contributed by atoms with Gasteiger partial charge in [-0.2, -0.15) is 0 Å². The summed E-state index contributed by atoms with van der Waals surface area (Å²) in [6, 6.07) is 15.2. The fourth-order valence-corrected chi connectivity index (χ4v) is 3.77. The Bertz CT molecular complexity index is 944. The zero-order valence-corrected chi connectivity index (χ0v) is 16.3. The predicted octanol–water partition coefficient (Wildman–Crippen LogP) is 5.13. The third kappa shape index (κ3) is 4.46. The highest BCUT2D eigenvalue weighted by Gasteiger charge is 2.22. The molecule has 27 heavy (non-hydrogen) atoms. The SMILES string of the molecule is O=C(NC1CCN(Cc2ccc(Cl)cc2)CC1)c1cc2cc(Cl)ccc2o1. The third-order valence-corrected chi connectivity index (χ3v) is 5.43. The van der Waals surface area contributed by atoms with Gasteiger partial charge >= 0.3 is 0 Å². The van der Waals surface area contributed by atoms with Crippen molar-refractivity contribution in [3.8, 4) is 0 Å². The summed E-state index contributed by atoms with van der Waals surface area (Å²) in [6.07, 6.45) is 1.84. The van der Waals surface area contributed by atoms with Crippen LogP contribution in [0.25, 0.3) is 11.0 Å². The average molecular weight is 403 g/mol. The lowest BCUT2D eigenvalue weighted by atomic mass is 10.0. The summed E-state index contributed by atoms with van der Waals surface area (Å²) in [5, 5.41) is 5.32. The Hall–Kier alpha value is -2.01. The maximum Gasteiger partial charge on any atom is 0.287 e. The molecule has 0 spiro atoms. The van der Waals surface area contributed by atoms with Gasteiger partial charge in [0.15, 0.2) is 5.76 Å². The summed E-state index contributed by atoms with van der Waals surface area (Å²) in [5.74, 6) is 0.161. The van der Waals surface area contributed by atoms with Crippen LogP contribution in [-0.4, -0.2) is 29.9 Å². The number of piperidine rings is 1. The molecule has 1 aliphatic rings. The van der Waals surface area contributed by atoms with Crippen molar-refractivity contribution in [3.63, 3.8) is 0 Å². The Kier molecular flexibility index (Phi) is 5.39. The molecule has 1 amide bonds. The monoisotopic (exact) mass is 402 g/mol. The first kappa shape index (κ1) is 18.4. The van der Waals surface area contributed by atoms with Crippen molar-refractivity contribution in [2.75, 3.05) is 13.1 Å². The highest BCUT2D eigenvalue weighted by Crippen LogP contribution is 2.23. The second-order valence-corrected chi connectivity index (χ2v) is 7.82. The maximum atomic E-state index is 12.5. The van der Waals surface area contributed by atoms with E-state index >= 15 is 0 Å². The molecule has 4 nitrogen and oxygen atoms in total. The largest absolute Gasteiger partial charge is 0.451 e. The minimum absolute atomic E-state index is 0.163. The fourth-order valence-electron chi connectivity index (χ4n) is 3.47. The Morgan fingerprint density at radius 3 is 2.48 bits per heavy atom. The van der Waals surface area contributed by atoms with Crippen LogP contribution in [0.5, 0.6) is 0 Å². The molecule has 2 aromatic carbocycles. The number of hydrogen-bond acceptors (Lipinski definition) is 3. The van der Waals surface area contributed by atoms with Crippen molar-refractivity contribution in [1.82, 2.24) is 10.2 Å². The molecule has 1 N–H and O–H groups in total. The molecule has 0 atom stereocenters. The Balaban J connectivity index is 1.31. The van der Waals surface area contributed by atoms with Crippen LogP contribution in [0.1, 0.15) is 29.0 Å². The van der Waals surface area contributed by atoms with Gasteiger partial charge in [-0.05, 0) is 54.8 Å². The van der Waals surface area contributed by atoms with Crippen LogP contribution in [0.15, 0.2) is 52.9 Å². The first-order valence-corrected chi connectivity index (χ1v) is 9.79. The lowest BCUT2D eigenvalue weighted by Gasteiger charge is -2.32. The predicted molar refractivity (Wildman–Crippen MR) is 108 cm³/mol. The van der Waals surface area contributed by atoms with Crippen molar-refractivity contribution in [3.05, 3.63) is 69.9 Å². The van der Waals surface area contributed by atoms with Gasteiger partial charge in [0.25, 0.3) is 5.91 Å². The van der Waals surface area contributed by atoms with Crippen LogP contribution >= 0.6 is 23.2 Å². The van der Waals surface area contributed by atoms with Crippen molar-refractivity contribution in [1.29, 1.82) is 0 Å². The van der Waals surface area contributed by atoms with Gasteiger partial charge in [-0.25, -0.2) is 0 Å². The van der Waals surface area contributed by atoms with E-state index in [1.54, 1.807) is 24.3 Å². The van der Waals surface area contributed by atoms with Gasteiger partial charge in [-0.1, -0.05) is 35.3 Å². The zero-order valence-electron chi connectivity index (χ0n) is 14.8. The van der Waals surface area contributed by atoms with Gasteiger partial charge in [0.1, 0.15) is 5.58 Å². The highest BCUT2D eigenvalue weighted by atomic mass is 35.5. The number of benzene rings is 2. The number of nitrogens with one attached hydrogen (secondary N) is 1. The molecule has 0 aliphatic carbocycles. The number of amides is 1. The summed E-state index contributed by atoms with van der Waals surface area (Å²) < 4.78 is 5.64. The van der Waals surface area contributed by atoms with E-state index in [2.05, 4.69) is 22.3 Å². The van der Waals surface area contributed by atoms with Crippen molar-refractivity contribution in [2.24, 2.45) is 0 Å². The minimum atomic E-state index is -0.168. The van der Waals surface area contributed by atoms with Gasteiger partial charge < -0.3 is 9.73 Å². The number of halogens is 2. The summed E-state index contributed by atoms with van der Waals surface area (Å²) in [7, 11) is 0. The maximum absolute atomic E-state index is 12.5. The molecule has 0 bridgehead atoms. The highest BCUT2D eigenvalue weighted by molar-refractivity contribution is 6.31. The van der Waals surface area contributed by atoms with E-state index in [1.165, 1.54) is 5.56 Å². The van der Waals surface area contributed by atoms with Gasteiger partial charge in [-0.15, -0.1) is 0 Å².